The lowest BCUT2D eigenvalue weighted by Gasteiger charge is -2.20. The first-order chi connectivity index (χ1) is 9.45. The molecule has 0 heterocycles. The molecule has 0 saturated heterocycles. The van der Waals surface area contributed by atoms with Gasteiger partial charge < -0.3 is 5.32 Å². The van der Waals surface area contributed by atoms with E-state index in [1.165, 1.54) is 0 Å². The van der Waals surface area contributed by atoms with E-state index < -0.39 is 0 Å². The molecule has 0 spiro atoms. The minimum atomic E-state index is -0.284. The number of halogens is 2. The molecule has 0 amide bonds. The van der Waals surface area contributed by atoms with Crippen molar-refractivity contribution in [2.75, 3.05) is 7.05 Å². The van der Waals surface area contributed by atoms with Gasteiger partial charge in [-0.1, -0.05) is 30.3 Å². The molecule has 0 aliphatic rings. The molecule has 0 aliphatic carbocycles. The molecule has 1 atom stereocenters. The van der Waals surface area contributed by atoms with E-state index in [-0.39, 0.29) is 17.7 Å². The summed E-state index contributed by atoms with van der Waals surface area (Å²) in [5.74, 6) is -0.417. The van der Waals surface area contributed by atoms with Crippen LogP contribution in [0, 0.1) is 32.4 Å². The first kappa shape index (κ1) is 14.7. The largest absolute Gasteiger partial charge is 0.309 e. The lowest BCUT2D eigenvalue weighted by atomic mass is 9.94. The highest BCUT2D eigenvalue weighted by molar-refractivity contribution is 5.39. The molecule has 0 saturated carbocycles. The van der Waals surface area contributed by atoms with Gasteiger partial charge in [0.15, 0.2) is 0 Å². The number of hydrogen-bond acceptors (Lipinski definition) is 1. The molecule has 2 aromatic carbocycles. The van der Waals surface area contributed by atoms with Crippen molar-refractivity contribution in [3.05, 3.63) is 69.8 Å². The summed E-state index contributed by atoms with van der Waals surface area (Å²) in [7, 11) is 1.78. The van der Waals surface area contributed by atoms with Gasteiger partial charge in [-0.25, -0.2) is 8.78 Å². The Balaban J connectivity index is 2.55. The van der Waals surface area contributed by atoms with Crippen LogP contribution in [-0.4, -0.2) is 7.05 Å². The summed E-state index contributed by atoms with van der Waals surface area (Å²) in [6, 6.07) is 8.59. The maximum Gasteiger partial charge on any atom is 0.131 e. The molecule has 106 valence electrons. The van der Waals surface area contributed by atoms with E-state index in [1.54, 1.807) is 52.1 Å². The molecule has 2 rings (SSSR count). The zero-order valence-electron chi connectivity index (χ0n) is 12.2. The number of hydrogen-bond donors (Lipinski definition) is 1. The van der Waals surface area contributed by atoms with Gasteiger partial charge >= 0.3 is 0 Å². The molecule has 2 aromatic rings. The van der Waals surface area contributed by atoms with E-state index in [1.807, 2.05) is 6.07 Å². The zero-order chi connectivity index (χ0) is 14.9. The van der Waals surface area contributed by atoms with Crippen molar-refractivity contribution in [3.63, 3.8) is 0 Å². The molecular weight excluding hydrogens is 256 g/mol. The third-order valence-electron chi connectivity index (χ3n) is 3.61. The van der Waals surface area contributed by atoms with Crippen LogP contribution < -0.4 is 5.32 Å². The van der Waals surface area contributed by atoms with Gasteiger partial charge in [-0.3, -0.25) is 0 Å². The third-order valence-corrected chi connectivity index (χ3v) is 3.61. The maximum atomic E-state index is 14.3. The first-order valence-electron chi connectivity index (χ1n) is 6.64. The second-order valence-corrected chi connectivity index (χ2v) is 5.17. The Kier molecular flexibility index (Phi) is 4.19. The Hall–Kier alpha value is -1.74. The van der Waals surface area contributed by atoms with E-state index in [0.29, 0.717) is 22.3 Å². The summed E-state index contributed by atoms with van der Waals surface area (Å²) in [5.41, 5.74) is 3.21. The maximum absolute atomic E-state index is 14.3. The van der Waals surface area contributed by atoms with Gasteiger partial charge in [0.25, 0.3) is 0 Å². The summed E-state index contributed by atoms with van der Waals surface area (Å²) in [4.78, 5) is 0. The van der Waals surface area contributed by atoms with Crippen molar-refractivity contribution in [2.45, 2.75) is 26.8 Å². The van der Waals surface area contributed by atoms with Crippen LogP contribution in [0.1, 0.15) is 33.9 Å². The molecule has 1 unspecified atom stereocenters. The summed E-state index contributed by atoms with van der Waals surface area (Å²) in [6.45, 7) is 5.20. The highest BCUT2D eigenvalue weighted by atomic mass is 19.1. The monoisotopic (exact) mass is 275 g/mol. The Labute approximate surface area is 118 Å². The molecule has 0 bridgehead atoms. The Morgan fingerprint density at radius 3 is 2.05 bits per heavy atom. The number of benzene rings is 2. The quantitative estimate of drug-likeness (QED) is 0.885. The van der Waals surface area contributed by atoms with Crippen LogP contribution in [0.25, 0.3) is 0 Å². The first-order valence-corrected chi connectivity index (χ1v) is 6.64. The summed E-state index contributed by atoms with van der Waals surface area (Å²) >= 11 is 0. The molecular formula is C17H19F2N. The molecule has 1 N–H and O–H groups in total. The standard InChI is InChI=1S/C17H19F2N/c1-10-6-5-7-14(16(10)19)17(20-4)13-8-11(2)15(18)12(3)9-13/h5-9,17,20H,1-4H3. The average Bonchev–Trinajstić information content (AvgIpc) is 2.41. The van der Waals surface area contributed by atoms with Crippen molar-refractivity contribution < 1.29 is 8.78 Å². The third kappa shape index (κ3) is 2.59. The minimum absolute atomic E-state index is 0.201. The van der Waals surface area contributed by atoms with Crippen molar-refractivity contribution in [1.82, 2.24) is 5.32 Å². The predicted octanol–water partition coefficient (Wildman–Crippen LogP) is 4.20. The normalized spacial score (nSPS) is 12.5. The fourth-order valence-corrected chi connectivity index (χ4v) is 2.54. The van der Waals surface area contributed by atoms with Gasteiger partial charge in [0.05, 0.1) is 6.04 Å². The fourth-order valence-electron chi connectivity index (χ4n) is 2.54. The van der Waals surface area contributed by atoms with Gasteiger partial charge in [-0.15, -0.1) is 0 Å². The van der Waals surface area contributed by atoms with Crippen molar-refractivity contribution >= 4 is 0 Å². The van der Waals surface area contributed by atoms with Crippen LogP contribution in [0.15, 0.2) is 30.3 Å². The van der Waals surface area contributed by atoms with Crippen molar-refractivity contribution in [1.29, 1.82) is 0 Å². The molecule has 0 aliphatic heterocycles. The smallest absolute Gasteiger partial charge is 0.131 e. The second-order valence-electron chi connectivity index (χ2n) is 5.17. The average molecular weight is 275 g/mol. The lowest BCUT2D eigenvalue weighted by Crippen LogP contribution is -2.20. The van der Waals surface area contributed by atoms with Gasteiger partial charge in [-0.05, 0) is 50.1 Å². The Morgan fingerprint density at radius 2 is 1.50 bits per heavy atom. The van der Waals surface area contributed by atoms with E-state index in [0.717, 1.165) is 5.56 Å². The van der Waals surface area contributed by atoms with Gasteiger partial charge in [-0.2, -0.15) is 0 Å². The predicted molar refractivity (Wildman–Crippen MR) is 77.9 cm³/mol. The minimum Gasteiger partial charge on any atom is -0.309 e. The fraction of sp³-hybridized carbons (Fsp3) is 0.294. The highest BCUT2D eigenvalue weighted by Crippen LogP contribution is 2.28. The molecule has 0 radical (unpaired) electrons. The zero-order valence-corrected chi connectivity index (χ0v) is 12.2. The van der Waals surface area contributed by atoms with Crippen molar-refractivity contribution in [3.8, 4) is 0 Å². The van der Waals surface area contributed by atoms with Crippen LogP contribution in [0.2, 0.25) is 0 Å². The summed E-state index contributed by atoms with van der Waals surface area (Å²) in [5, 5.41) is 3.11. The van der Waals surface area contributed by atoms with Gasteiger partial charge in [0.2, 0.25) is 0 Å². The molecule has 3 heteroatoms. The Bertz CT molecular complexity index is 612. The SMILES string of the molecule is CNC(c1cc(C)c(F)c(C)c1)c1cccc(C)c1F. The van der Waals surface area contributed by atoms with Crippen molar-refractivity contribution in [2.24, 2.45) is 0 Å². The number of rotatable bonds is 3. The van der Waals surface area contributed by atoms with Crippen LogP contribution in [0.5, 0.6) is 0 Å². The highest BCUT2D eigenvalue weighted by Gasteiger charge is 2.18. The van der Waals surface area contributed by atoms with Gasteiger partial charge in [0.1, 0.15) is 11.6 Å². The second kappa shape index (κ2) is 5.71. The van der Waals surface area contributed by atoms with E-state index >= 15 is 0 Å². The van der Waals surface area contributed by atoms with E-state index in [9.17, 15) is 8.78 Å². The molecule has 20 heavy (non-hydrogen) atoms. The van der Waals surface area contributed by atoms with E-state index in [2.05, 4.69) is 5.32 Å². The number of aryl methyl sites for hydroxylation is 3. The summed E-state index contributed by atoms with van der Waals surface area (Å²) < 4.78 is 28.0. The van der Waals surface area contributed by atoms with Gasteiger partial charge in [0, 0.05) is 5.56 Å². The van der Waals surface area contributed by atoms with Crippen LogP contribution in [0.3, 0.4) is 0 Å². The molecule has 0 fully saturated rings. The van der Waals surface area contributed by atoms with Crippen LogP contribution in [-0.2, 0) is 0 Å². The lowest BCUT2D eigenvalue weighted by molar-refractivity contribution is 0.566. The summed E-state index contributed by atoms with van der Waals surface area (Å²) in [6.07, 6.45) is 0. The Morgan fingerprint density at radius 1 is 0.900 bits per heavy atom. The number of nitrogens with one attached hydrogen (secondary N) is 1. The van der Waals surface area contributed by atoms with E-state index in [4.69, 9.17) is 0 Å². The molecule has 0 aromatic heterocycles. The molecule has 1 nitrogen and oxygen atoms in total. The van der Waals surface area contributed by atoms with Crippen LogP contribution in [0.4, 0.5) is 8.78 Å². The van der Waals surface area contributed by atoms with Crippen LogP contribution >= 0.6 is 0 Å². The topological polar surface area (TPSA) is 12.0 Å².